The molecule has 4 aromatic rings. The third kappa shape index (κ3) is 5.84. The van der Waals surface area contributed by atoms with Crippen molar-refractivity contribution in [2.24, 2.45) is 0 Å². The number of anilines is 1. The van der Waals surface area contributed by atoms with Crippen LogP contribution < -0.4 is 16.1 Å². The van der Waals surface area contributed by atoms with Crippen LogP contribution in [0.2, 0.25) is 0 Å². The predicted octanol–water partition coefficient (Wildman–Crippen LogP) is 5.05. The second kappa shape index (κ2) is 10.9. The maximum atomic E-state index is 13.0. The topological polar surface area (TPSA) is 74.5 Å². The highest BCUT2D eigenvalue weighted by Crippen LogP contribution is 2.24. The van der Waals surface area contributed by atoms with Crippen LogP contribution in [0.25, 0.3) is 17.4 Å². The Hall–Kier alpha value is -4.10. The fraction of sp³-hybridized carbons (Fsp3) is 0.267. The minimum atomic E-state index is -0.371. The number of hydrogen-bond donors (Lipinski definition) is 1. The highest BCUT2D eigenvalue weighted by molar-refractivity contribution is 5.61. The smallest absolute Gasteiger partial charge is 0.330 e. The molecule has 1 aliphatic heterocycles. The molecule has 0 amide bonds. The van der Waals surface area contributed by atoms with Crippen LogP contribution in [0, 0.1) is 6.92 Å². The van der Waals surface area contributed by atoms with Gasteiger partial charge in [0, 0.05) is 50.6 Å². The summed E-state index contributed by atoms with van der Waals surface area (Å²) in [5.41, 5.74) is 2.82. The molecule has 0 atom stereocenters. The molecule has 0 spiro atoms. The summed E-state index contributed by atoms with van der Waals surface area (Å²) in [5, 5.41) is 0. The molecule has 190 valence electrons. The predicted molar refractivity (Wildman–Crippen MR) is 148 cm³/mol. The normalized spacial score (nSPS) is 14.9. The zero-order valence-electron chi connectivity index (χ0n) is 21.3. The van der Waals surface area contributed by atoms with Crippen molar-refractivity contribution in [1.82, 2.24) is 14.5 Å². The Balaban J connectivity index is 1.24. The molecule has 0 bridgehead atoms. The summed E-state index contributed by atoms with van der Waals surface area (Å²) in [7, 11) is 1.79. The molecule has 3 heterocycles. The Morgan fingerprint density at radius 2 is 1.78 bits per heavy atom. The first-order valence-electron chi connectivity index (χ1n) is 12.7. The van der Waals surface area contributed by atoms with Gasteiger partial charge >= 0.3 is 5.69 Å². The van der Waals surface area contributed by atoms with Crippen LogP contribution >= 0.6 is 0 Å². The number of likely N-dealkylation sites (tertiary alicyclic amines) is 1. The molecular weight excluding hydrogens is 464 g/mol. The molecule has 2 aromatic carbocycles. The highest BCUT2D eigenvalue weighted by atomic mass is 16.3. The van der Waals surface area contributed by atoms with Gasteiger partial charge in [-0.25, -0.2) is 4.79 Å². The van der Waals surface area contributed by atoms with E-state index in [9.17, 15) is 9.59 Å². The first-order valence-corrected chi connectivity index (χ1v) is 12.7. The molecule has 0 aliphatic carbocycles. The van der Waals surface area contributed by atoms with E-state index in [0.29, 0.717) is 11.6 Å². The molecule has 1 N–H and O–H groups in total. The van der Waals surface area contributed by atoms with Crippen molar-refractivity contribution >= 4 is 11.9 Å². The Labute approximate surface area is 216 Å². The van der Waals surface area contributed by atoms with Crippen molar-refractivity contribution in [2.75, 3.05) is 25.0 Å². The fourth-order valence-electron chi connectivity index (χ4n) is 4.87. The second-order valence-corrected chi connectivity index (χ2v) is 9.66. The van der Waals surface area contributed by atoms with E-state index in [-0.39, 0.29) is 17.3 Å². The Morgan fingerprint density at radius 3 is 2.51 bits per heavy atom. The van der Waals surface area contributed by atoms with Gasteiger partial charge in [-0.3, -0.25) is 19.2 Å². The van der Waals surface area contributed by atoms with Crippen molar-refractivity contribution in [3.8, 4) is 11.3 Å². The summed E-state index contributed by atoms with van der Waals surface area (Å²) >= 11 is 0. The summed E-state index contributed by atoms with van der Waals surface area (Å²) in [6.07, 6.45) is 5.13. The summed E-state index contributed by atoms with van der Waals surface area (Å²) < 4.78 is 7.32. The van der Waals surface area contributed by atoms with Gasteiger partial charge in [-0.05, 0) is 49.6 Å². The molecule has 7 nitrogen and oxygen atoms in total. The van der Waals surface area contributed by atoms with Crippen molar-refractivity contribution in [2.45, 2.75) is 32.4 Å². The number of aromatic amines is 1. The lowest BCUT2D eigenvalue weighted by Gasteiger charge is -2.32. The molecule has 7 heteroatoms. The highest BCUT2D eigenvalue weighted by Gasteiger charge is 2.23. The van der Waals surface area contributed by atoms with E-state index >= 15 is 0 Å². The van der Waals surface area contributed by atoms with Crippen LogP contribution in [-0.2, 0) is 6.54 Å². The van der Waals surface area contributed by atoms with E-state index < -0.39 is 0 Å². The van der Waals surface area contributed by atoms with Gasteiger partial charge in [0.05, 0.1) is 0 Å². The third-order valence-electron chi connectivity index (χ3n) is 6.89. The van der Waals surface area contributed by atoms with Gasteiger partial charge in [-0.2, -0.15) is 0 Å². The first-order chi connectivity index (χ1) is 18.0. The minimum absolute atomic E-state index is 0.0960. The number of rotatable bonds is 7. The van der Waals surface area contributed by atoms with Crippen LogP contribution in [0.5, 0.6) is 0 Å². The van der Waals surface area contributed by atoms with E-state index in [4.69, 9.17) is 4.42 Å². The van der Waals surface area contributed by atoms with Crippen molar-refractivity contribution in [3.05, 3.63) is 117 Å². The monoisotopic (exact) mass is 496 g/mol. The quantitative estimate of drug-likeness (QED) is 0.388. The first kappa shape index (κ1) is 24.6. The Kier molecular flexibility index (Phi) is 7.23. The van der Waals surface area contributed by atoms with Crippen LogP contribution in [0.15, 0.2) is 93.0 Å². The van der Waals surface area contributed by atoms with Crippen molar-refractivity contribution in [3.63, 3.8) is 0 Å². The summed E-state index contributed by atoms with van der Waals surface area (Å²) in [6.45, 7) is 4.63. The fourth-order valence-corrected chi connectivity index (χ4v) is 4.87. The third-order valence-corrected chi connectivity index (χ3v) is 6.89. The van der Waals surface area contributed by atoms with Crippen molar-refractivity contribution < 1.29 is 4.42 Å². The van der Waals surface area contributed by atoms with Gasteiger partial charge in [-0.1, -0.05) is 54.1 Å². The molecule has 37 heavy (non-hydrogen) atoms. The lowest BCUT2D eigenvalue weighted by molar-refractivity contribution is 0.175. The summed E-state index contributed by atoms with van der Waals surface area (Å²) in [6, 6.07) is 23.7. The molecule has 1 saturated heterocycles. The number of aryl methyl sites for hydroxylation is 1. The molecule has 1 fully saturated rings. The minimum Gasteiger partial charge on any atom is -0.457 e. The maximum Gasteiger partial charge on any atom is 0.330 e. The average molecular weight is 497 g/mol. The van der Waals surface area contributed by atoms with Gasteiger partial charge in [0.2, 0.25) is 0 Å². The zero-order chi connectivity index (χ0) is 25.8. The van der Waals surface area contributed by atoms with E-state index in [2.05, 4.69) is 28.1 Å². The number of nitrogens with zero attached hydrogens (tertiary/aromatic N) is 3. The number of aromatic nitrogens is 2. The Bertz CT molecular complexity index is 1460. The van der Waals surface area contributed by atoms with Gasteiger partial charge in [-0.15, -0.1) is 0 Å². The van der Waals surface area contributed by atoms with Crippen LogP contribution in [-0.4, -0.2) is 34.6 Å². The molecule has 2 aromatic heterocycles. The zero-order valence-corrected chi connectivity index (χ0v) is 21.3. The number of H-pyrrole nitrogens is 1. The van der Waals surface area contributed by atoms with Crippen molar-refractivity contribution in [1.29, 1.82) is 0 Å². The maximum absolute atomic E-state index is 13.0. The molecule has 5 rings (SSSR count). The largest absolute Gasteiger partial charge is 0.457 e. The lowest BCUT2D eigenvalue weighted by atomic mass is 10.0. The number of furan rings is 1. The van der Waals surface area contributed by atoms with Gasteiger partial charge in [0.15, 0.2) is 0 Å². The Morgan fingerprint density at radius 1 is 1.00 bits per heavy atom. The second-order valence-electron chi connectivity index (χ2n) is 9.66. The standard InChI is InChI=1S/C30H32N4O3/c1-22-7-6-10-24(19-22)27-12-11-26(37-27)15-16-32(2)28-20-29(35)34(30(36)31-28)25-13-17-33(18-14-25)21-23-8-4-3-5-9-23/h3-12,15-16,19-20,25H,13-14,17-18,21H2,1-2H3,(H,31,36). The lowest BCUT2D eigenvalue weighted by Crippen LogP contribution is -2.43. The van der Waals surface area contributed by atoms with Gasteiger partial charge in [0.1, 0.15) is 17.3 Å². The number of nitrogens with one attached hydrogen (secondary N) is 1. The van der Waals surface area contributed by atoms with Gasteiger partial charge in [0.25, 0.3) is 5.56 Å². The van der Waals surface area contributed by atoms with E-state index in [0.717, 1.165) is 43.8 Å². The van der Waals surface area contributed by atoms with Crippen LogP contribution in [0.3, 0.4) is 0 Å². The van der Waals surface area contributed by atoms with E-state index in [1.807, 2.05) is 61.5 Å². The van der Waals surface area contributed by atoms with Crippen LogP contribution in [0.4, 0.5) is 5.82 Å². The molecule has 1 aliphatic rings. The number of benzene rings is 2. The van der Waals surface area contributed by atoms with Gasteiger partial charge < -0.3 is 9.32 Å². The summed E-state index contributed by atoms with van der Waals surface area (Å²) in [5.74, 6) is 1.91. The molecule has 0 saturated carbocycles. The summed E-state index contributed by atoms with van der Waals surface area (Å²) in [4.78, 5) is 32.8. The molecular formula is C30H32N4O3. The number of piperidine rings is 1. The molecule has 0 radical (unpaired) electrons. The average Bonchev–Trinajstić information content (AvgIpc) is 3.38. The van der Waals surface area contributed by atoms with Crippen LogP contribution in [0.1, 0.15) is 35.8 Å². The number of hydrogen-bond acceptors (Lipinski definition) is 5. The van der Waals surface area contributed by atoms with E-state index in [1.165, 1.54) is 21.8 Å². The van der Waals surface area contributed by atoms with E-state index in [1.54, 1.807) is 18.1 Å². The SMILES string of the molecule is Cc1cccc(-c2ccc(C=CN(C)c3cc(=O)n(C4CCN(Cc5ccccc5)CC4)c(=O)[nH]3)o2)c1. The molecule has 0 unspecified atom stereocenters.